The van der Waals surface area contributed by atoms with Crippen molar-refractivity contribution in [3.05, 3.63) is 53.2 Å². The summed E-state index contributed by atoms with van der Waals surface area (Å²) in [5.41, 5.74) is 3.06. The topological polar surface area (TPSA) is 66.5 Å². The molecule has 1 aromatic carbocycles. The number of aryl methyl sites for hydroxylation is 1. The highest BCUT2D eigenvalue weighted by Crippen LogP contribution is 2.26. The van der Waals surface area contributed by atoms with E-state index in [4.69, 9.17) is 4.74 Å². The van der Waals surface area contributed by atoms with E-state index in [1.165, 1.54) is 11.1 Å². The van der Waals surface area contributed by atoms with Crippen LogP contribution >= 0.6 is 0 Å². The van der Waals surface area contributed by atoms with Crippen molar-refractivity contribution in [3.63, 3.8) is 0 Å². The Labute approximate surface area is 167 Å². The van der Waals surface area contributed by atoms with E-state index in [2.05, 4.69) is 47.4 Å². The van der Waals surface area contributed by atoms with Crippen molar-refractivity contribution in [2.75, 3.05) is 39.3 Å². The van der Waals surface area contributed by atoms with Crippen LogP contribution in [0.4, 0.5) is 0 Å². The minimum Gasteiger partial charge on any atom is -0.439 e. The van der Waals surface area contributed by atoms with Crippen molar-refractivity contribution in [1.29, 1.82) is 0 Å². The molecule has 0 saturated carbocycles. The fraction of sp³-hybridized carbons (Fsp3) is 0.455. The monoisotopic (exact) mass is 382 g/mol. The van der Waals surface area contributed by atoms with E-state index < -0.39 is 0 Å². The summed E-state index contributed by atoms with van der Waals surface area (Å²) in [6.07, 6.45) is 1.56. The summed E-state index contributed by atoms with van der Waals surface area (Å²) in [4.78, 5) is 18.9. The molecule has 6 nitrogen and oxygen atoms in total. The SMILES string of the molecule is Cc1cc(Oc2ccc(C(=O)NCCN3CCNCC3)cn2)ccc1C(C)C. The van der Waals surface area contributed by atoms with Crippen LogP contribution in [0.2, 0.25) is 0 Å². The lowest BCUT2D eigenvalue weighted by Gasteiger charge is -2.27. The van der Waals surface area contributed by atoms with E-state index in [1.54, 1.807) is 18.3 Å². The van der Waals surface area contributed by atoms with E-state index in [0.717, 1.165) is 38.5 Å². The summed E-state index contributed by atoms with van der Waals surface area (Å²) in [6.45, 7) is 12.0. The lowest BCUT2D eigenvalue weighted by atomic mass is 9.98. The summed E-state index contributed by atoms with van der Waals surface area (Å²) in [6, 6.07) is 9.55. The molecule has 1 amide bonds. The molecular weight excluding hydrogens is 352 g/mol. The Balaban J connectivity index is 1.51. The standard InChI is InChI=1S/C22H30N4O2/c1-16(2)20-6-5-19(14-17(20)3)28-21-7-4-18(15-25-21)22(27)24-10-13-26-11-8-23-9-12-26/h4-7,14-16,23H,8-13H2,1-3H3,(H,24,27). The minimum absolute atomic E-state index is 0.105. The van der Waals surface area contributed by atoms with Gasteiger partial charge in [0.15, 0.2) is 0 Å². The largest absolute Gasteiger partial charge is 0.439 e. The number of piperazine rings is 1. The van der Waals surface area contributed by atoms with Gasteiger partial charge in [-0.05, 0) is 42.2 Å². The number of rotatable bonds is 7. The first kappa shape index (κ1) is 20.3. The number of amides is 1. The molecule has 0 spiro atoms. The number of nitrogens with one attached hydrogen (secondary N) is 2. The highest BCUT2D eigenvalue weighted by atomic mass is 16.5. The third-order valence-electron chi connectivity index (χ3n) is 5.01. The van der Waals surface area contributed by atoms with Crippen molar-refractivity contribution in [1.82, 2.24) is 20.5 Å². The Bertz CT molecular complexity index is 784. The van der Waals surface area contributed by atoms with Gasteiger partial charge < -0.3 is 15.4 Å². The summed E-state index contributed by atoms with van der Waals surface area (Å²) in [5, 5.41) is 6.28. The minimum atomic E-state index is -0.105. The first-order chi connectivity index (χ1) is 13.5. The molecule has 150 valence electrons. The van der Waals surface area contributed by atoms with Gasteiger partial charge in [0.2, 0.25) is 5.88 Å². The summed E-state index contributed by atoms with van der Waals surface area (Å²) >= 11 is 0. The van der Waals surface area contributed by atoms with Crippen molar-refractivity contribution in [3.8, 4) is 11.6 Å². The van der Waals surface area contributed by atoms with Gasteiger partial charge in [0.1, 0.15) is 5.75 Å². The summed E-state index contributed by atoms with van der Waals surface area (Å²) in [5.74, 6) is 1.61. The number of hydrogen-bond acceptors (Lipinski definition) is 5. The van der Waals surface area contributed by atoms with Gasteiger partial charge in [-0.15, -0.1) is 0 Å². The lowest BCUT2D eigenvalue weighted by Crippen LogP contribution is -2.46. The number of pyridine rings is 1. The molecular formula is C22H30N4O2. The molecule has 28 heavy (non-hydrogen) atoms. The zero-order valence-corrected chi connectivity index (χ0v) is 17.0. The highest BCUT2D eigenvalue weighted by molar-refractivity contribution is 5.93. The van der Waals surface area contributed by atoms with E-state index in [1.807, 2.05) is 12.1 Å². The van der Waals surface area contributed by atoms with Gasteiger partial charge in [0.05, 0.1) is 5.56 Å². The van der Waals surface area contributed by atoms with Gasteiger partial charge in [-0.1, -0.05) is 19.9 Å². The maximum Gasteiger partial charge on any atom is 0.252 e. The molecule has 1 saturated heterocycles. The second-order valence-electron chi connectivity index (χ2n) is 7.51. The van der Waals surface area contributed by atoms with Crippen LogP contribution < -0.4 is 15.4 Å². The Morgan fingerprint density at radius 3 is 2.68 bits per heavy atom. The van der Waals surface area contributed by atoms with Gasteiger partial charge in [-0.2, -0.15) is 0 Å². The highest BCUT2D eigenvalue weighted by Gasteiger charge is 2.11. The molecule has 2 N–H and O–H groups in total. The number of nitrogens with zero attached hydrogens (tertiary/aromatic N) is 2. The Morgan fingerprint density at radius 2 is 2.04 bits per heavy atom. The van der Waals surface area contributed by atoms with Crippen molar-refractivity contribution >= 4 is 5.91 Å². The van der Waals surface area contributed by atoms with Crippen LogP contribution in [0, 0.1) is 6.92 Å². The number of aromatic nitrogens is 1. The molecule has 1 aliphatic rings. The van der Waals surface area contributed by atoms with Gasteiger partial charge >= 0.3 is 0 Å². The van der Waals surface area contributed by atoms with Crippen LogP contribution in [0.25, 0.3) is 0 Å². The van der Waals surface area contributed by atoms with Crippen molar-refractivity contribution in [2.45, 2.75) is 26.7 Å². The number of benzene rings is 1. The molecule has 2 heterocycles. The molecule has 1 aromatic heterocycles. The molecule has 0 bridgehead atoms. The van der Waals surface area contributed by atoms with Crippen molar-refractivity contribution < 1.29 is 9.53 Å². The predicted octanol–water partition coefficient (Wildman–Crippen LogP) is 2.94. The summed E-state index contributed by atoms with van der Waals surface area (Å²) in [7, 11) is 0. The van der Waals surface area contributed by atoms with E-state index in [9.17, 15) is 4.79 Å². The third kappa shape index (κ3) is 5.53. The number of hydrogen-bond donors (Lipinski definition) is 2. The molecule has 6 heteroatoms. The molecule has 0 aliphatic carbocycles. The van der Waals surface area contributed by atoms with Crippen LogP contribution in [0.1, 0.15) is 41.3 Å². The Morgan fingerprint density at radius 1 is 1.25 bits per heavy atom. The third-order valence-corrected chi connectivity index (χ3v) is 5.01. The van der Waals surface area contributed by atoms with Gasteiger partial charge in [0.25, 0.3) is 5.91 Å². The first-order valence-corrected chi connectivity index (χ1v) is 9.98. The lowest BCUT2D eigenvalue weighted by molar-refractivity contribution is 0.0947. The molecule has 0 radical (unpaired) electrons. The maximum absolute atomic E-state index is 12.3. The normalized spacial score (nSPS) is 14.9. The van der Waals surface area contributed by atoms with E-state index in [0.29, 0.717) is 23.9 Å². The molecule has 2 aromatic rings. The zero-order chi connectivity index (χ0) is 19.9. The number of ether oxygens (including phenoxy) is 1. The van der Waals surface area contributed by atoms with Gasteiger partial charge in [-0.3, -0.25) is 9.69 Å². The second kappa shape index (κ2) is 9.66. The van der Waals surface area contributed by atoms with Crippen LogP contribution in [0.15, 0.2) is 36.5 Å². The molecule has 0 atom stereocenters. The second-order valence-corrected chi connectivity index (χ2v) is 7.51. The zero-order valence-electron chi connectivity index (χ0n) is 17.0. The van der Waals surface area contributed by atoms with Crippen molar-refractivity contribution in [2.24, 2.45) is 0 Å². The maximum atomic E-state index is 12.3. The average molecular weight is 383 g/mol. The van der Waals surface area contributed by atoms with Gasteiger partial charge in [-0.25, -0.2) is 4.98 Å². The Kier molecular flexibility index (Phi) is 7.01. The predicted molar refractivity (Wildman–Crippen MR) is 111 cm³/mol. The fourth-order valence-electron chi connectivity index (χ4n) is 3.42. The summed E-state index contributed by atoms with van der Waals surface area (Å²) < 4.78 is 5.83. The molecule has 1 fully saturated rings. The van der Waals surface area contributed by atoms with E-state index in [-0.39, 0.29) is 5.91 Å². The number of carbonyl (C=O) groups excluding carboxylic acids is 1. The number of carbonyl (C=O) groups is 1. The quantitative estimate of drug-likeness (QED) is 0.771. The molecule has 0 unspecified atom stereocenters. The fourth-order valence-corrected chi connectivity index (χ4v) is 3.42. The van der Waals surface area contributed by atoms with Crippen LogP contribution in [0.3, 0.4) is 0 Å². The average Bonchev–Trinajstić information content (AvgIpc) is 2.69. The van der Waals surface area contributed by atoms with Crippen LogP contribution in [-0.2, 0) is 0 Å². The first-order valence-electron chi connectivity index (χ1n) is 9.98. The van der Waals surface area contributed by atoms with Crippen LogP contribution in [0.5, 0.6) is 11.6 Å². The molecule has 1 aliphatic heterocycles. The Hall–Kier alpha value is -2.44. The van der Waals surface area contributed by atoms with Gasteiger partial charge in [0, 0.05) is 51.5 Å². The smallest absolute Gasteiger partial charge is 0.252 e. The van der Waals surface area contributed by atoms with E-state index >= 15 is 0 Å². The van der Waals surface area contributed by atoms with Crippen LogP contribution in [-0.4, -0.2) is 55.1 Å². The molecule has 3 rings (SSSR count).